The van der Waals surface area contributed by atoms with Gasteiger partial charge in [-0.25, -0.2) is 0 Å². The van der Waals surface area contributed by atoms with E-state index < -0.39 is 0 Å². The van der Waals surface area contributed by atoms with Crippen LogP contribution >= 0.6 is 0 Å². The largest absolute Gasteiger partial charge is 0.484 e. The predicted octanol–water partition coefficient (Wildman–Crippen LogP) is 4.53. The van der Waals surface area contributed by atoms with Crippen molar-refractivity contribution in [1.82, 2.24) is 10.3 Å². The summed E-state index contributed by atoms with van der Waals surface area (Å²) in [5.41, 5.74) is 4.54. The highest BCUT2D eigenvalue weighted by atomic mass is 16.5. The van der Waals surface area contributed by atoms with Crippen LogP contribution < -0.4 is 10.1 Å². The Morgan fingerprint density at radius 3 is 2.97 bits per heavy atom. The van der Waals surface area contributed by atoms with Crippen molar-refractivity contribution < 1.29 is 13.9 Å². The van der Waals surface area contributed by atoms with E-state index in [2.05, 4.69) is 22.4 Å². The zero-order valence-electron chi connectivity index (χ0n) is 16.3. The van der Waals surface area contributed by atoms with Crippen LogP contribution in [0.5, 0.6) is 5.75 Å². The molecule has 0 bridgehead atoms. The van der Waals surface area contributed by atoms with E-state index in [0.29, 0.717) is 12.3 Å². The molecule has 4 aromatic rings. The van der Waals surface area contributed by atoms with E-state index >= 15 is 0 Å². The van der Waals surface area contributed by atoms with E-state index in [9.17, 15) is 4.79 Å². The average molecular weight is 388 g/mol. The number of hydrogen-bond donors (Lipinski definition) is 2. The number of H-pyrrole nitrogens is 1. The number of amides is 1. The molecule has 0 unspecified atom stereocenters. The number of aromatic nitrogens is 1. The lowest BCUT2D eigenvalue weighted by atomic mass is 9.96. The number of carbonyl (C=O) groups excluding carboxylic acids is 1. The van der Waals surface area contributed by atoms with Crippen LogP contribution in [0.1, 0.15) is 29.7 Å². The first kappa shape index (κ1) is 17.9. The highest BCUT2D eigenvalue weighted by Crippen LogP contribution is 2.33. The molecule has 2 N–H and O–H groups in total. The Balaban J connectivity index is 1.16. The number of fused-ring (bicyclic) bond motifs is 4. The standard InChI is InChI=1S/C24H24N2O3/c27-24(25-12-11-16-14-26-21-7-3-1-5-18(16)21)15-28-17-9-10-23-20(13-17)19-6-2-4-8-22(19)29-23/h1,3,5,7,9-10,13-14,26H,2,4,6,8,11-12,15H2,(H,25,27). The summed E-state index contributed by atoms with van der Waals surface area (Å²) in [5, 5.41) is 5.27. The summed E-state index contributed by atoms with van der Waals surface area (Å²) < 4.78 is 11.7. The minimum atomic E-state index is -0.112. The summed E-state index contributed by atoms with van der Waals surface area (Å²) in [5.74, 6) is 1.70. The molecular formula is C24H24N2O3. The molecule has 2 aromatic carbocycles. The Morgan fingerprint density at radius 1 is 1.10 bits per heavy atom. The van der Waals surface area contributed by atoms with Gasteiger partial charge in [-0.05, 0) is 55.5 Å². The van der Waals surface area contributed by atoms with Crippen molar-refractivity contribution in [3.05, 3.63) is 65.5 Å². The molecule has 0 fully saturated rings. The van der Waals surface area contributed by atoms with Crippen molar-refractivity contribution in [2.45, 2.75) is 32.1 Å². The average Bonchev–Trinajstić information content (AvgIpc) is 3.33. The maximum Gasteiger partial charge on any atom is 0.257 e. The zero-order valence-corrected chi connectivity index (χ0v) is 16.3. The van der Waals surface area contributed by atoms with Gasteiger partial charge < -0.3 is 19.5 Å². The van der Waals surface area contributed by atoms with Crippen LogP contribution in [0.3, 0.4) is 0 Å². The molecule has 0 atom stereocenters. The van der Waals surface area contributed by atoms with Gasteiger partial charge in [-0.1, -0.05) is 18.2 Å². The van der Waals surface area contributed by atoms with Crippen molar-refractivity contribution >= 4 is 27.8 Å². The zero-order chi connectivity index (χ0) is 19.6. The fourth-order valence-electron chi connectivity index (χ4n) is 4.21. The third-order valence-electron chi connectivity index (χ3n) is 5.69. The molecule has 0 radical (unpaired) electrons. The van der Waals surface area contributed by atoms with Gasteiger partial charge in [0.05, 0.1) is 0 Å². The van der Waals surface area contributed by atoms with E-state index in [0.717, 1.165) is 41.5 Å². The first-order valence-electron chi connectivity index (χ1n) is 10.3. The number of furan rings is 1. The number of para-hydroxylation sites is 1. The summed E-state index contributed by atoms with van der Waals surface area (Å²) in [4.78, 5) is 15.5. The van der Waals surface area contributed by atoms with Gasteiger partial charge in [0.2, 0.25) is 0 Å². The highest BCUT2D eigenvalue weighted by molar-refractivity contribution is 5.85. The molecular weight excluding hydrogens is 364 g/mol. The van der Waals surface area contributed by atoms with Crippen molar-refractivity contribution in [3.8, 4) is 5.75 Å². The summed E-state index contributed by atoms with van der Waals surface area (Å²) >= 11 is 0. The highest BCUT2D eigenvalue weighted by Gasteiger charge is 2.18. The molecule has 148 valence electrons. The molecule has 5 heteroatoms. The summed E-state index contributed by atoms with van der Waals surface area (Å²) in [6, 6.07) is 14.0. The number of carbonyl (C=O) groups is 1. The number of ether oxygens (including phenoxy) is 1. The second-order valence-electron chi connectivity index (χ2n) is 7.62. The van der Waals surface area contributed by atoms with Crippen molar-refractivity contribution in [1.29, 1.82) is 0 Å². The van der Waals surface area contributed by atoms with Gasteiger partial charge in [0, 0.05) is 41.0 Å². The molecule has 0 aliphatic heterocycles. The molecule has 1 amide bonds. The fraction of sp³-hybridized carbons (Fsp3) is 0.292. The van der Waals surface area contributed by atoms with Crippen molar-refractivity contribution in [2.24, 2.45) is 0 Å². The summed E-state index contributed by atoms with van der Waals surface area (Å²) in [7, 11) is 0. The molecule has 0 spiro atoms. The van der Waals surface area contributed by atoms with E-state index in [1.54, 1.807) is 0 Å². The molecule has 1 aliphatic rings. The lowest BCUT2D eigenvalue weighted by molar-refractivity contribution is -0.123. The fourth-order valence-corrected chi connectivity index (χ4v) is 4.21. The molecule has 5 rings (SSSR count). The van der Waals surface area contributed by atoms with Gasteiger partial charge in [-0.15, -0.1) is 0 Å². The van der Waals surface area contributed by atoms with Crippen LogP contribution in [0, 0.1) is 0 Å². The lowest BCUT2D eigenvalue weighted by Gasteiger charge is -2.09. The van der Waals surface area contributed by atoms with Gasteiger partial charge in [-0.2, -0.15) is 0 Å². The maximum atomic E-state index is 12.2. The van der Waals surface area contributed by atoms with Gasteiger partial charge >= 0.3 is 0 Å². The SMILES string of the molecule is O=C(COc1ccc2oc3c(c2c1)CCCC3)NCCc1c[nH]c2ccccc12. The molecule has 2 heterocycles. The van der Waals surface area contributed by atoms with E-state index in [1.807, 2.05) is 36.5 Å². The van der Waals surface area contributed by atoms with Crippen LogP contribution in [-0.4, -0.2) is 24.0 Å². The second-order valence-corrected chi connectivity index (χ2v) is 7.62. The third kappa shape index (κ3) is 3.60. The van der Waals surface area contributed by atoms with Gasteiger partial charge in [0.25, 0.3) is 5.91 Å². The number of hydrogen-bond acceptors (Lipinski definition) is 3. The quantitative estimate of drug-likeness (QED) is 0.510. The Kier molecular flexibility index (Phi) is 4.72. The van der Waals surface area contributed by atoms with Crippen LogP contribution in [0.2, 0.25) is 0 Å². The first-order valence-corrected chi connectivity index (χ1v) is 10.3. The molecule has 1 aliphatic carbocycles. The number of benzene rings is 2. The Bertz CT molecular complexity index is 1170. The number of aryl methyl sites for hydroxylation is 2. The second kappa shape index (κ2) is 7.66. The Labute approximate surface area is 169 Å². The molecule has 5 nitrogen and oxygen atoms in total. The van der Waals surface area contributed by atoms with Crippen LogP contribution in [0.25, 0.3) is 21.9 Å². The summed E-state index contributed by atoms with van der Waals surface area (Å²) in [6.45, 7) is 0.595. The van der Waals surface area contributed by atoms with E-state index in [-0.39, 0.29) is 12.5 Å². The number of rotatable bonds is 6. The molecule has 0 saturated heterocycles. The van der Waals surface area contributed by atoms with Crippen molar-refractivity contribution in [2.75, 3.05) is 13.2 Å². The lowest BCUT2D eigenvalue weighted by Crippen LogP contribution is -2.30. The van der Waals surface area contributed by atoms with Gasteiger partial charge in [0.1, 0.15) is 17.1 Å². The van der Waals surface area contributed by atoms with Crippen LogP contribution in [-0.2, 0) is 24.1 Å². The monoisotopic (exact) mass is 388 g/mol. The van der Waals surface area contributed by atoms with E-state index in [4.69, 9.17) is 9.15 Å². The number of nitrogens with one attached hydrogen (secondary N) is 2. The molecule has 29 heavy (non-hydrogen) atoms. The molecule has 0 saturated carbocycles. The van der Waals surface area contributed by atoms with Gasteiger partial charge in [-0.3, -0.25) is 4.79 Å². The Morgan fingerprint density at radius 2 is 2.00 bits per heavy atom. The smallest absolute Gasteiger partial charge is 0.257 e. The number of aromatic amines is 1. The first-order chi connectivity index (χ1) is 14.3. The van der Waals surface area contributed by atoms with E-state index in [1.165, 1.54) is 29.4 Å². The topological polar surface area (TPSA) is 67.3 Å². The van der Waals surface area contributed by atoms with Crippen LogP contribution in [0.15, 0.2) is 53.1 Å². The van der Waals surface area contributed by atoms with Gasteiger partial charge in [0.15, 0.2) is 6.61 Å². The third-order valence-corrected chi connectivity index (χ3v) is 5.69. The minimum Gasteiger partial charge on any atom is -0.484 e. The molecule has 2 aromatic heterocycles. The Hall–Kier alpha value is -3.21. The van der Waals surface area contributed by atoms with Crippen LogP contribution in [0.4, 0.5) is 0 Å². The minimum absolute atomic E-state index is 0.0133. The predicted molar refractivity (Wildman–Crippen MR) is 113 cm³/mol. The maximum absolute atomic E-state index is 12.2. The summed E-state index contributed by atoms with van der Waals surface area (Å²) in [6.07, 6.45) is 7.25. The normalized spacial score (nSPS) is 13.5. The van der Waals surface area contributed by atoms with Crippen molar-refractivity contribution in [3.63, 3.8) is 0 Å².